The fraction of sp³-hybridized carbons (Fsp3) is 0.500. The van der Waals surface area contributed by atoms with E-state index in [0.717, 1.165) is 41.9 Å². The number of amides is 1. The molecular weight excluding hydrogens is 370 g/mol. The van der Waals surface area contributed by atoms with Gasteiger partial charge in [0.15, 0.2) is 0 Å². The number of piperidine rings is 1. The fourth-order valence-corrected chi connectivity index (χ4v) is 5.40. The molecule has 1 aliphatic carbocycles. The number of hydrogen-bond donors (Lipinski definition) is 2. The van der Waals surface area contributed by atoms with E-state index in [4.69, 9.17) is 0 Å². The zero-order chi connectivity index (χ0) is 20.7. The number of aromatic nitrogens is 1. The number of hydrogen-bond acceptors (Lipinski definition) is 2. The molecule has 2 N–H and O–H groups in total. The predicted octanol–water partition coefficient (Wildman–Crippen LogP) is 5.15. The summed E-state index contributed by atoms with van der Waals surface area (Å²) in [5.74, 6) is 0.00464. The third-order valence-electron chi connectivity index (χ3n) is 7.21. The molecule has 1 aromatic carbocycles. The SMILES string of the molecule is CC1(C)CCCc2[nH]c(C=C3C(=O)Nc4ccc(CCN5CCCCC5)cc43)cc21. The molecule has 0 saturated carbocycles. The largest absolute Gasteiger partial charge is 0.359 e. The van der Waals surface area contributed by atoms with Crippen LogP contribution in [0.15, 0.2) is 24.3 Å². The molecule has 2 aliphatic heterocycles. The van der Waals surface area contributed by atoms with E-state index in [-0.39, 0.29) is 11.3 Å². The van der Waals surface area contributed by atoms with Crippen LogP contribution in [0.4, 0.5) is 5.69 Å². The van der Waals surface area contributed by atoms with E-state index in [0.29, 0.717) is 0 Å². The maximum Gasteiger partial charge on any atom is 0.256 e. The minimum atomic E-state index is 0.00464. The van der Waals surface area contributed by atoms with Crippen molar-refractivity contribution in [3.63, 3.8) is 0 Å². The number of H-pyrrole nitrogens is 1. The van der Waals surface area contributed by atoms with Crippen LogP contribution in [-0.2, 0) is 23.1 Å². The highest BCUT2D eigenvalue weighted by Gasteiger charge is 2.30. The lowest BCUT2D eigenvalue weighted by Crippen LogP contribution is -2.31. The molecule has 3 heterocycles. The van der Waals surface area contributed by atoms with Crippen molar-refractivity contribution >= 4 is 23.2 Å². The van der Waals surface area contributed by atoms with Crippen molar-refractivity contribution in [3.05, 3.63) is 52.3 Å². The average molecular weight is 404 g/mol. The minimum Gasteiger partial charge on any atom is -0.359 e. The third-order valence-corrected chi connectivity index (χ3v) is 7.21. The maximum absolute atomic E-state index is 12.7. The quantitative estimate of drug-likeness (QED) is 0.694. The van der Waals surface area contributed by atoms with Gasteiger partial charge in [0.2, 0.25) is 0 Å². The highest BCUT2D eigenvalue weighted by atomic mass is 16.2. The van der Waals surface area contributed by atoms with Crippen molar-refractivity contribution in [3.8, 4) is 0 Å². The van der Waals surface area contributed by atoms with Gasteiger partial charge in [-0.1, -0.05) is 26.3 Å². The highest BCUT2D eigenvalue weighted by Crippen LogP contribution is 2.39. The van der Waals surface area contributed by atoms with Gasteiger partial charge < -0.3 is 15.2 Å². The van der Waals surface area contributed by atoms with Crippen molar-refractivity contribution in [1.29, 1.82) is 0 Å². The van der Waals surface area contributed by atoms with Gasteiger partial charge in [0, 0.05) is 29.2 Å². The Morgan fingerprint density at radius 2 is 1.93 bits per heavy atom. The van der Waals surface area contributed by atoms with Gasteiger partial charge in [0.05, 0.1) is 5.57 Å². The van der Waals surface area contributed by atoms with E-state index in [2.05, 4.69) is 53.3 Å². The van der Waals surface area contributed by atoms with Crippen LogP contribution < -0.4 is 5.32 Å². The Hall–Kier alpha value is -2.33. The number of likely N-dealkylation sites (tertiary alicyclic amines) is 1. The van der Waals surface area contributed by atoms with Crippen molar-refractivity contribution in [1.82, 2.24) is 9.88 Å². The summed E-state index contributed by atoms with van der Waals surface area (Å²) in [5.41, 5.74) is 8.08. The smallest absolute Gasteiger partial charge is 0.256 e. The van der Waals surface area contributed by atoms with Crippen LogP contribution in [0.3, 0.4) is 0 Å². The maximum atomic E-state index is 12.7. The van der Waals surface area contributed by atoms with Crippen molar-refractivity contribution < 1.29 is 4.79 Å². The summed E-state index contributed by atoms with van der Waals surface area (Å²) in [6.45, 7) is 8.20. The number of rotatable bonds is 4. The second-order valence-corrected chi connectivity index (χ2v) is 9.90. The summed E-state index contributed by atoms with van der Waals surface area (Å²) in [6.07, 6.45) is 10.7. The Kier molecular flexibility index (Phi) is 5.06. The zero-order valence-electron chi connectivity index (χ0n) is 18.3. The molecular formula is C26H33N3O. The second kappa shape index (κ2) is 7.73. The molecule has 0 unspecified atom stereocenters. The normalized spacial score (nSPS) is 22.1. The first-order valence-electron chi connectivity index (χ1n) is 11.6. The zero-order valence-corrected chi connectivity index (χ0v) is 18.3. The second-order valence-electron chi connectivity index (χ2n) is 9.90. The first-order valence-corrected chi connectivity index (χ1v) is 11.6. The van der Waals surface area contributed by atoms with Crippen LogP contribution in [0.2, 0.25) is 0 Å². The molecule has 0 radical (unpaired) electrons. The molecule has 4 heteroatoms. The average Bonchev–Trinajstić information content (AvgIpc) is 3.29. The summed E-state index contributed by atoms with van der Waals surface area (Å²) in [6, 6.07) is 8.72. The summed E-state index contributed by atoms with van der Waals surface area (Å²) in [4.78, 5) is 18.9. The standard InChI is InChI=1S/C26H33N3O/c1-26(2)11-6-7-24-22(26)17-19(27-24)16-21-20-15-18(8-9-23(20)28-25(21)30)10-14-29-12-4-3-5-13-29/h8-9,15-17,27H,3-7,10-14H2,1-2H3,(H,28,30). The molecule has 1 saturated heterocycles. The van der Waals surface area contributed by atoms with Crippen molar-refractivity contribution in [2.45, 2.75) is 64.2 Å². The molecule has 1 aromatic heterocycles. The predicted molar refractivity (Wildman–Crippen MR) is 124 cm³/mol. The topological polar surface area (TPSA) is 48.1 Å². The molecule has 1 amide bonds. The summed E-state index contributed by atoms with van der Waals surface area (Å²) in [7, 11) is 0. The van der Waals surface area contributed by atoms with Gasteiger partial charge in [-0.3, -0.25) is 4.79 Å². The number of aromatic amines is 1. The van der Waals surface area contributed by atoms with E-state index in [1.165, 1.54) is 62.0 Å². The van der Waals surface area contributed by atoms with Gasteiger partial charge >= 0.3 is 0 Å². The van der Waals surface area contributed by atoms with Gasteiger partial charge in [-0.05, 0) is 92.4 Å². The van der Waals surface area contributed by atoms with Gasteiger partial charge in [0.1, 0.15) is 0 Å². The molecule has 158 valence electrons. The summed E-state index contributed by atoms with van der Waals surface area (Å²) >= 11 is 0. The molecule has 0 atom stereocenters. The lowest BCUT2D eigenvalue weighted by atomic mass is 9.75. The van der Waals surface area contributed by atoms with Crippen LogP contribution >= 0.6 is 0 Å². The molecule has 5 rings (SSSR count). The number of fused-ring (bicyclic) bond motifs is 2. The molecule has 1 fully saturated rings. The third kappa shape index (κ3) is 3.74. The van der Waals surface area contributed by atoms with Gasteiger partial charge in [-0.25, -0.2) is 0 Å². The monoisotopic (exact) mass is 403 g/mol. The fourth-order valence-electron chi connectivity index (χ4n) is 5.40. The van der Waals surface area contributed by atoms with Crippen LogP contribution in [0.5, 0.6) is 0 Å². The first kappa shape index (κ1) is 19.6. The lowest BCUT2D eigenvalue weighted by Gasteiger charge is -2.29. The summed E-state index contributed by atoms with van der Waals surface area (Å²) in [5, 5.41) is 3.05. The molecule has 2 aromatic rings. The number of aryl methyl sites for hydroxylation is 1. The van der Waals surface area contributed by atoms with Crippen LogP contribution in [0.1, 0.15) is 74.0 Å². The highest BCUT2D eigenvalue weighted by molar-refractivity contribution is 6.34. The van der Waals surface area contributed by atoms with E-state index in [9.17, 15) is 4.79 Å². The molecule has 30 heavy (non-hydrogen) atoms. The Morgan fingerprint density at radius 3 is 2.73 bits per heavy atom. The minimum absolute atomic E-state index is 0.00464. The molecule has 3 aliphatic rings. The Balaban J connectivity index is 1.40. The van der Waals surface area contributed by atoms with Gasteiger partial charge in [0.25, 0.3) is 5.91 Å². The van der Waals surface area contributed by atoms with Crippen LogP contribution in [0.25, 0.3) is 11.6 Å². The molecule has 0 spiro atoms. The number of anilines is 1. The molecule has 4 nitrogen and oxygen atoms in total. The number of benzene rings is 1. The van der Waals surface area contributed by atoms with Gasteiger partial charge in [-0.2, -0.15) is 0 Å². The summed E-state index contributed by atoms with van der Waals surface area (Å²) < 4.78 is 0. The van der Waals surface area contributed by atoms with E-state index < -0.39 is 0 Å². The lowest BCUT2D eigenvalue weighted by molar-refractivity contribution is -0.110. The van der Waals surface area contributed by atoms with E-state index in [1.54, 1.807) is 0 Å². The van der Waals surface area contributed by atoms with Crippen molar-refractivity contribution in [2.24, 2.45) is 0 Å². The van der Waals surface area contributed by atoms with E-state index in [1.807, 2.05) is 6.08 Å². The van der Waals surface area contributed by atoms with Crippen LogP contribution in [-0.4, -0.2) is 35.4 Å². The van der Waals surface area contributed by atoms with Crippen molar-refractivity contribution in [2.75, 3.05) is 25.0 Å². The number of nitrogens with one attached hydrogen (secondary N) is 2. The number of carbonyl (C=O) groups excluding carboxylic acids is 1. The molecule has 0 bridgehead atoms. The number of carbonyl (C=O) groups is 1. The first-order chi connectivity index (χ1) is 14.5. The van der Waals surface area contributed by atoms with E-state index >= 15 is 0 Å². The Bertz CT molecular complexity index is 992. The number of nitrogens with zero attached hydrogens (tertiary/aromatic N) is 1. The van der Waals surface area contributed by atoms with Gasteiger partial charge in [-0.15, -0.1) is 0 Å². The van der Waals surface area contributed by atoms with Crippen LogP contribution in [0, 0.1) is 0 Å². The Labute approximate surface area is 179 Å². The Morgan fingerprint density at radius 1 is 1.10 bits per heavy atom.